The minimum absolute atomic E-state index is 0.140. The lowest BCUT2D eigenvalue weighted by atomic mass is 10.2. The maximum Gasteiger partial charge on any atom is 0.270 e. The molecule has 1 aromatic carbocycles. The van der Waals surface area contributed by atoms with Gasteiger partial charge < -0.3 is 15.4 Å². The molecule has 24 heavy (non-hydrogen) atoms. The molecule has 126 valence electrons. The lowest BCUT2D eigenvalue weighted by Gasteiger charge is -2.12. The number of hydrogen-bond donors (Lipinski definition) is 2. The fourth-order valence-corrected chi connectivity index (χ4v) is 2.81. The molecular formula is C18H22N4O2. The molecule has 2 N–H and O–H groups in total. The summed E-state index contributed by atoms with van der Waals surface area (Å²) in [6, 6.07) is 9.44. The van der Waals surface area contributed by atoms with Crippen LogP contribution in [0, 0.1) is 0 Å². The second kappa shape index (κ2) is 7.77. The fraction of sp³-hybridized carbons (Fsp3) is 0.389. The molecule has 1 aliphatic carbocycles. The van der Waals surface area contributed by atoms with E-state index in [2.05, 4.69) is 20.6 Å². The van der Waals surface area contributed by atoms with Gasteiger partial charge in [-0.15, -0.1) is 0 Å². The molecule has 1 aromatic heterocycles. The average molecular weight is 326 g/mol. The van der Waals surface area contributed by atoms with Crippen molar-refractivity contribution in [1.82, 2.24) is 15.3 Å². The van der Waals surface area contributed by atoms with Crippen LogP contribution in [0.3, 0.4) is 0 Å². The van der Waals surface area contributed by atoms with Gasteiger partial charge in [-0.1, -0.05) is 12.8 Å². The topological polar surface area (TPSA) is 76.1 Å². The van der Waals surface area contributed by atoms with Crippen LogP contribution in [0.1, 0.15) is 43.1 Å². The van der Waals surface area contributed by atoms with Crippen molar-refractivity contribution in [2.24, 2.45) is 0 Å². The summed E-state index contributed by atoms with van der Waals surface area (Å²) in [7, 11) is 0. The molecule has 3 rings (SSSR count). The van der Waals surface area contributed by atoms with Crippen molar-refractivity contribution in [2.75, 3.05) is 11.9 Å². The Morgan fingerprint density at radius 3 is 2.67 bits per heavy atom. The molecule has 0 atom stereocenters. The second-order valence-electron chi connectivity index (χ2n) is 5.80. The van der Waals surface area contributed by atoms with E-state index in [1.807, 2.05) is 31.2 Å². The number of carbonyl (C=O) groups excluding carboxylic acids is 1. The number of aromatic nitrogens is 2. The summed E-state index contributed by atoms with van der Waals surface area (Å²) in [5.41, 5.74) is 1.22. The summed E-state index contributed by atoms with van der Waals surface area (Å²) in [5.74, 6) is 1.07. The Labute approximate surface area is 141 Å². The van der Waals surface area contributed by atoms with E-state index in [1.54, 1.807) is 12.3 Å². The smallest absolute Gasteiger partial charge is 0.270 e. The van der Waals surface area contributed by atoms with Crippen molar-refractivity contribution in [3.05, 3.63) is 42.2 Å². The van der Waals surface area contributed by atoms with Gasteiger partial charge >= 0.3 is 0 Å². The number of rotatable bonds is 6. The van der Waals surface area contributed by atoms with E-state index >= 15 is 0 Å². The van der Waals surface area contributed by atoms with Gasteiger partial charge in [0.25, 0.3) is 5.91 Å². The van der Waals surface area contributed by atoms with E-state index in [1.165, 1.54) is 12.8 Å². The number of nitrogens with one attached hydrogen (secondary N) is 2. The number of benzene rings is 1. The Morgan fingerprint density at radius 1 is 1.21 bits per heavy atom. The highest BCUT2D eigenvalue weighted by molar-refractivity contribution is 5.92. The molecule has 2 aromatic rings. The van der Waals surface area contributed by atoms with Crippen LogP contribution in [-0.4, -0.2) is 28.5 Å². The molecule has 0 aliphatic heterocycles. The van der Waals surface area contributed by atoms with Crippen molar-refractivity contribution in [3.8, 4) is 5.75 Å². The Hall–Kier alpha value is -2.63. The summed E-state index contributed by atoms with van der Waals surface area (Å²) in [4.78, 5) is 20.8. The van der Waals surface area contributed by atoms with Crippen molar-refractivity contribution in [1.29, 1.82) is 0 Å². The van der Waals surface area contributed by atoms with Gasteiger partial charge in [0.2, 0.25) is 5.95 Å². The van der Waals surface area contributed by atoms with Crippen molar-refractivity contribution in [2.45, 2.75) is 38.6 Å². The van der Waals surface area contributed by atoms with Crippen molar-refractivity contribution < 1.29 is 9.53 Å². The fourth-order valence-electron chi connectivity index (χ4n) is 2.81. The molecule has 0 spiro atoms. The third-order valence-corrected chi connectivity index (χ3v) is 4.00. The molecule has 0 saturated heterocycles. The van der Waals surface area contributed by atoms with E-state index in [-0.39, 0.29) is 11.9 Å². The minimum atomic E-state index is -0.140. The zero-order chi connectivity index (χ0) is 16.8. The number of ether oxygens (including phenoxy) is 1. The highest BCUT2D eigenvalue weighted by Crippen LogP contribution is 2.19. The first-order valence-electron chi connectivity index (χ1n) is 8.38. The molecule has 1 heterocycles. The van der Waals surface area contributed by atoms with Gasteiger partial charge in [0.05, 0.1) is 6.61 Å². The summed E-state index contributed by atoms with van der Waals surface area (Å²) in [5, 5.41) is 6.14. The standard InChI is InChI=1S/C18H22N4O2/c1-2-24-15-9-7-14(8-10-15)21-18-19-12-11-16(22-18)17(23)20-13-5-3-4-6-13/h7-13H,2-6H2,1H3,(H,20,23)(H,19,21,22). The van der Waals surface area contributed by atoms with Crippen LogP contribution in [0.25, 0.3) is 0 Å². The average Bonchev–Trinajstić information content (AvgIpc) is 3.10. The Morgan fingerprint density at radius 2 is 1.96 bits per heavy atom. The zero-order valence-corrected chi connectivity index (χ0v) is 13.8. The van der Waals surface area contributed by atoms with Crippen LogP contribution in [0.4, 0.5) is 11.6 Å². The summed E-state index contributed by atoms with van der Waals surface area (Å²) in [6.45, 7) is 2.58. The highest BCUT2D eigenvalue weighted by atomic mass is 16.5. The van der Waals surface area contributed by atoms with Crippen LogP contribution in [0.15, 0.2) is 36.5 Å². The quantitative estimate of drug-likeness (QED) is 0.852. The van der Waals surface area contributed by atoms with Gasteiger partial charge in [-0.05, 0) is 50.1 Å². The first kappa shape index (κ1) is 16.2. The molecule has 1 fully saturated rings. The van der Waals surface area contributed by atoms with Gasteiger partial charge in [0.1, 0.15) is 11.4 Å². The normalized spacial score (nSPS) is 14.4. The molecule has 6 nitrogen and oxygen atoms in total. The molecule has 1 saturated carbocycles. The number of anilines is 2. The predicted octanol–water partition coefficient (Wildman–Crippen LogP) is 3.29. The second-order valence-corrected chi connectivity index (χ2v) is 5.80. The Bertz CT molecular complexity index is 682. The van der Waals surface area contributed by atoms with Gasteiger partial charge in [0.15, 0.2) is 0 Å². The van der Waals surface area contributed by atoms with E-state index in [0.29, 0.717) is 18.2 Å². The summed E-state index contributed by atoms with van der Waals surface area (Å²) < 4.78 is 5.41. The number of carbonyl (C=O) groups is 1. The van der Waals surface area contributed by atoms with Crippen molar-refractivity contribution >= 4 is 17.5 Å². The Kier molecular flexibility index (Phi) is 5.25. The molecule has 0 bridgehead atoms. The molecule has 6 heteroatoms. The highest BCUT2D eigenvalue weighted by Gasteiger charge is 2.18. The van der Waals surface area contributed by atoms with Gasteiger partial charge in [-0.3, -0.25) is 4.79 Å². The number of nitrogens with zero attached hydrogens (tertiary/aromatic N) is 2. The monoisotopic (exact) mass is 326 g/mol. The SMILES string of the molecule is CCOc1ccc(Nc2nccc(C(=O)NC3CCCC3)n2)cc1. The lowest BCUT2D eigenvalue weighted by molar-refractivity contribution is 0.0933. The minimum Gasteiger partial charge on any atom is -0.494 e. The van der Waals surface area contributed by atoms with E-state index in [9.17, 15) is 4.79 Å². The van der Waals surface area contributed by atoms with Crippen LogP contribution in [0.2, 0.25) is 0 Å². The molecule has 0 unspecified atom stereocenters. The predicted molar refractivity (Wildman–Crippen MR) is 92.6 cm³/mol. The molecule has 1 aliphatic rings. The van der Waals surface area contributed by atoms with E-state index in [0.717, 1.165) is 24.3 Å². The molecule has 0 radical (unpaired) electrons. The van der Waals surface area contributed by atoms with Crippen LogP contribution < -0.4 is 15.4 Å². The largest absolute Gasteiger partial charge is 0.494 e. The van der Waals surface area contributed by atoms with Crippen LogP contribution >= 0.6 is 0 Å². The van der Waals surface area contributed by atoms with Gasteiger partial charge in [0, 0.05) is 17.9 Å². The summed E-state index contributed by atoms with van der Waals surface area (Å²) in [6.07, 6.45) is 6.05. The maximum atomic E-state index is 12.3. The van der Waals surface area contributed by atoms with Crippen molar-refractivity contribution in [3.63, 3.8) is 0 Å². The number of hydrogen-bond acceptors (Lipinski definition) is 5. The first-order valence-corrected chi connectivity index (χ1v) is 8.38. The first-order chi connectivity index (χ1) is 11.7. The number of amides is 1. The Balaban J connectivity index is 1.64. The van der Waals surface area contributed by atoms with Gasteiger partial charge in [-0.25, -0.2) is 9.97 Å². The summed E-state index contributed by atoms with van der Waals surface area (Å²) >= 11 is 0. The van der Waals surface area contributed by atoms with Gasteiger partial charge in [-0.2, -0.15) is 0 Å². The lowest BCUT2D eigenvalue weighted by Crippen LogP contribution is -2.33. The van der Waals surface area contributed by atoms with Crippen LogP contribution in [0.5, 0.6) is 5.75 Å². The third-order valence-electron chi connectivity index (χ3n) is 4.00. The van der Waals surface area contributed by atoms with E-state index < -0.39 is 0 Å². The molecule has 1 amide bonds. The van der Waals surface area contributed by atoms with Crippen LogP contribution in [-0.2, 0) is 0 Å². The maximum absolute atomic E-state index is 12.3. The van der Waals surface area contributed by atoms with E-state index in [4.69, 9.17) is 4.74 Å². The third kappa shape index (κ3) is 4.22. The zero-order valence-electron chi connectivity index (χ0n) is 13.8. The molecular weight excluding hydrogens is 304 g/mol.